The lowest BCUT2D eigenvalue weighted by atomic mass is 9.92. The second-order valence-electron chi connectivity index (χ2n) is 9.65. The molecule has 1 atom stereocenters. The molecule has 36 heavy (non-hydrogen) atoms. The number of benzene rings is 2. The summed E-state index contributed by atoms with van der Waals surface area (Å²) in [6, 6.07) is 18.4. The van der Waals surface area contributed by atoms with Gasteiger partial charge in [0.1, 0.15) is 5.75 Å². The van der Waals surface area contributed by atoms with Gasteiger partial charge in [-0.1, -0.05) is 56.5 Å². The van der Waals surface area contributed by atoms with Crippen LogP contribution >= 0.6 is 0 Å². The minimum atomic E-state index is -0.0489. The number of aromatic nitrogens is 5. The highest BCUT2D eigenvalue weighted by atomic mass is 16.5. The molecule has 2 aromatic carbocycles. The Morgan fingerprint density at radius 1 is 1.11 bits per heavy atom. The van der Waals surface area contributed by atoms with E-state index in [-0.39, 0.29) is 11.6 Å². The third kappa shape index (κ3) is 5.18. The van der Waals surface area contributed by atoms with Gasteiger partial charge in [0.2, 0.25) is 0 Å². The van der Waals surface area contributed by atoms with E-state index in [9.17, 15) is 4.79 Å². The van der Waals surface area contributed by atoms with Gasteiger partial charge in [-0.15, -0.1) is 5.10 Å². The number of H-pyrrole nitrogens is 1. The number of hydrogen-bond donors (Lipinski definition) is 1. The van der Waals surface area contributed by atoms with Gasteiger partial charge >= 0.3 is 0 Å². The van der Waals surface area contributed by atoms with Crippen LogP contribution in [-0.4, -0.2) is 43.2 Å². The zero-order valence-electron chi connectivity index (χ0n) is 21.1. The van der Waals surface area contributed by atoms with Crippen molar-refractivity contribution in [2.75, 3.05) is 7.11 Å². The summed E-state index contributed by atoms with van der Waals surface area (Å²) >= 11 is 0. The molecule has 0 unspecified atom stereocenters. The first kappa shape index (κ1) is 24.2. The molecule has 8 heteroatoms. The number of ether oxygens (including phenoxy) is 1. The standard InChI is InChI=1S/C28H34N6O2/c1-3-26(27-30-31-32-34(27)18-20-10-6-4-7-11-20)33(23-12-8-5-9-13-23)19-22-16-21-17-24(36-2)14-15-25(21)29-28(22)35/h4,6-7,10-11,14-17,23,26H,3,5,8-9,12-13,18-19H2,1-2H3,(H,29,35)/t26-/m0/s1. The lowest BCUT2D eigenvalue weighted by Crippen LogP contribution is -2.41. The average molecular weight is 487 g/mol. The lowest BCUT2D eigenvalue weighted by molar-refractivity contribution is 0.0844. The summed E-state index contributed by atoms with van der Waals surface area (Å²) in [6.07, 6.45) is 6.77. The van der Waals surface area contributed by atoms with Crippen LogP contribution in [0.25, 0.3) is 10.9 Å². The van der Waals surface area contributed by atoms with Gasteiger partial charge in [-0.05, 0) is 59.5 Å². The monoisotopic (exact) mass is 486 g/mol. The van der Waals surface area contributed by atoms with E-state index in [4.69, 9.17) is 4.74 Å². The van der Waals surface area contributed by atoms with Crippen molar-refractivity contribution in [3.63, 3.8) is 0 Å². The average Bonchev–Trinajstić information content (AvgIpc) is 3.37. The summed E-state index contributed by atoms with van der Waals surface area (Å²) in [4.78, 5) is 18.7. The summed E-state index contributed by atoms with van der Waals surface area (Å²) in [7, 11) is 1.66. The van der Waals surface area contributed by atoms with Crippen molar-refractivity contribution < 1.29 is 4.74 Å². The molecule has 1 saturated carbocycles. The van der Waals surface area contributed by atoms with Gasteiger partial charge in [0.05, 0.1) is 19.7 Å². The van der Waals surface area contributed by atoms with E-state index < -0.39 is 0 Å². The Morgan fingerprint density at radius 2 is 1.92 bits per heavy atom. The summed E-state index contributed by atoms with van der Waals surface area (Å²) < 4.78 is 7.32. The molecular weight excluding hydrogens is 452 g/mol. The molecule has 1 aliphatic carbocycles. The molecule has 188 valence electrons. The molecule has 4 aromatic rings. The van der Waals surface area contributed by atoms with Gasteiger partial charge in [0.15, 0.2) is 5.82 Å². The summed E-state index contributed by atoms with van der Waals surface area (Å²) in [5.74, 6) is 1.63. The SMILES string of the molecule is CC[C@@H](c1nnnn1Cc1ccccc1)N(Cc1cc2cc(OC)ccc2[nH]c1=O)C1CCCCC1. The molecule has 0 saturated heterocycles. The maximum Gasteiger partial charge on any atom is 0.252 e. The number of nitrogens with zero attached hydrogens (tertiary/aromatic N) is 5. The molecular formula is C28H34N6O2. The Balaban J connectivity index is 1.51. The largest absolute Gasteiger partial charge is 0.497 e. The van der Waals surface area contributed by atoms with Crippen LogP contribution in [0.15, 0.2) is 59.4 Å². The van der Waals surface area contributed by atoms with E-state index in [1.807, 2.05) is 47.1 Å². The molecule has 2 heterocycles. The van der Waals surface area contributed by atoms with Crippen molar-refractivity contribution in [2.45, 2.75) is 70.6 Å². The number of pyridine rings is 1. The van der Waals surface area contributed by atoms with E-state index in [1.54, 1.807) is 7.11 Å². The number of methoxy groups -OCH3 is 1. The van der Waals surface area contributed by atoms with Gasteiger partial charge in [-0.3, -0.25) is 9.69 Å². The minimum absolute atomic E-state index is 0.00668. The Morgan fingerprint density at radius 3 is 2.67 bits per heavy atom. The molecule has 1 fully saturated rings. The molecule has 1 N–H and O–H groups in total. The molecule has 0 aliphatic heterocycles. The number of tetrazole rings is 1. The number of rotatable bonds is 9. The Kier molecular flexibility index (Phi) is 7.41. The van der Waals surface area contributed by atoms with Gasteiger partial charge in [0, 0.05) is 29.1 Å². The molecule has 0 amide bonds. The van der Waals surface area contributed by atoms with Crippen molar-refractivity contribution >= 4 is 10.9 Å². The highest BCUT2D eigenvalue weighted by Crippen LogP contribution is 2.33. The van der Waals surface area contributed by atoms with Crippen molar-refractivity contribution in [1.82, 2.24) is 30.1 Å². The molecule has 5 rings (SSSR count). The van der Waals surface area contributed by atoms with E-state index in [0.29, 0.717) is 19.1 Å². The van der Waals surface area contributed by atoms with E-state index in [0.717, 1.165) is 52.9 Å². The predicted molar refractivity (Wildman–Crippen MR) is 140 cm³/mol. The molecule has 0 bridgehead atoms. The predicted octanol–water partition coefficient (Wildman–Crippen LogP) is 4.86. The van der Waals surface area contributed by atoms with Crippen LogP contribution in [0.4, 0.5) is 0 Å². The summed E-state index contributed by atoms with van der Waals surface area (Å²) in [5, 5.41) is 13.9. The molecule has 0 radical (unpaired) electrons. The van der Waals surface area contributed by atoms with Crippen molar-refractivity contribution in [2.24, 2.45) is 0 Å². The van der Waals surface area contributed by atoms with E-state index in [2.05, 4.69) is 44.5 Å². The topological polar surface area (TPSA) is 88.9 Å². The van der Waals surface area contributed by atoms with E-state index in [1.165, 1.54) is 19.3 Å². The van der Waals surface area contributed by atoms with Crippen LogP contribution in [0, 0.1) is 0 Å². The Bertz CT molecular complexity index is 1340. The zero-order valence-corrected chi connectivity index (χ0v) is 21.1. The first-order valence-electron chi connectivity index (χ1n) is 12.9. The maximum absolute atomic E-state index is 13.2. The van der Waals surface area contributed by atoms with Gasteiger partial charge in [0.25, 0.3) is 5.56 Å². The highest BCUT2D eigenvalue weighted by molar-refractivity contribution is 5.80. The Hall–Kier alpha value is -3.52. The van der Waals surface area contributed by atoms with Crippen LogP contribution in [0.5, 0.6) is 5.75 Å². The fraction of sp³-hybridized carbons (Fsp3) is 0.429. The normalized spacial score (nSPS) is 15.4. The molecule has 1 aliphatic rings. The van der Waals surface area contributed by atoms with Gasteiger partial charge in [-0.25, -0.2) is 4.68 Å². The number of nitrogens with one attached hydrogen (secondary N) is 1. The summed E-state index contributed by atoms with van der Waals surface area (Å²) in [6.45, 7) is 3.34. The molecule has 8 nitrogen and oxygen atoms in total. The first-order chi connectivity index (χ1) is 17.7. The van der Waals surface area contributed by atoms with Crippen molar-refractivity contribution in [1.29, 1.82) is 0 Å². The molecule has 2 aromatic heterocycles. The van der Waals surface area contributed by atoms with Crippen LogP contribution in [0.1, 0.15) is 68.4 Å². The quantitative estimate of drug-likeness (QED) is 0.364. The first-order valence-corrected chi connectivity index (χ1v) is 12.9. The highest BCUT2D eigenvalue weighted by Gasteiger charge is 2.32. The third-order valence-corrected chi connectivity index (χ3v) is 7.34. The smallest absolute Gasteiger partial charge is 0.252 e. The fourth-order valence-corrected chi connectivity index (χ4v) is 5.46. The Labute approximate surface area is 211 Å². The molecule has 0 spiro atoms. The minimum Gasteiger partial charge on any atom is -0.497 e. The van der Waals surface area contributed by atoms with Crippen LogP contribution < -0.4 is 10.3 Å². The van der Waals surface area contributed by atoms with Gasteiger partial charge in [-0.2, -0.15) is 0 Å². The fourth-order valence-electron chi connectivity index (χ4n) is 5.46. The van der Waals surface area contributed by atoms with Crippen molar-refractivity contribution in [3.05, 3.63) is 81.9 Å². The van der Waals surface area contributed by atoms with Crippen LogP contribution in [0.2, 0.25) is 0 Å². The van der Waals surface area contributed by atoms with Gasteiger partial charge < -0.3 is 9.72 Å². The third-order valence-electron chi connectivity index (χ3n) is 7.34. The maximum atomic E-state index is 13.2. The second-order valence-corrected chi connectivity index (χ2v) is 9.65. The van der Waals surface area contributed by atoms with Crippen LogP contribution in [-0.2, 0) is 13.1 Å². The lowest BCUT2D eigenvalue weighted by Gasteiger charge is -2.39. The van der Waals surface area contributed by atoms with E-state index >= 15 is 0 Å². The zero-order chi connectivity index (χ0) is 24.9. The summed E-state index contributed by atoms with van der Waals surface area (Å²) in [5.41, 5.74) is 2.67. The number of aromatic amines is 1. The van der Waals surface area contributed by atoms with Crippen LogP contribution in [0.3, 0.4) is 0 Å². The second kappa shape index (κ2) is 11.0. The van der Waals surface area contributed by atoms with Crippen molar-refractivity contribution in [3.8, 4) is 5.75 Å². The number of fused-ring (bicyclic) bond motifs is 1. The number of hydrogen-bond acceptors (Lipinski definition) is 6.